The van der Waals surface area contributed by atoms with Crippen LogP contribution in [0.25, 0.3) is 0 Å². The minimum absolute atomic E-state index is 0.198. The van der Waals surface area contributed by atoms with Gasteiger partial charge in [0, 0.05) is 52.7 Å². The summed E-state index contributed by atoms with van der Waals surface area (Å²) in [5.41, 5.74) is 20.9. The Balaban J connectivity index is 1.03. The third-order valence-corrected chi connectivity index (χ3v) is 15.1. The highest BCUT2D eigenvalue weighted by molar-refractivity contribution is 8.00. The molecule has 9 aromatic carbocycles. The molecule has 337 valence electrons. The Morgan fingerprint density at radius 2 is 1.14 bits per heavy atom. The van der Waals surface area contributed by atoms with Gasteiger partial charge in [-0.2, -0.15) is 5.26 Å². The molecule has 0 atom stereocenters. The van der Waals surface area contributed by atoms with Crippen LogP contribution in [0.15, 0.2) is 170 Å². The highest BCUT2D eigenvalue weighted by atomic mass is 32.2. The predicted octanol–water partition coefficient (Wildman–Crippen LogP) is 9.74. The number of benzene rings is 9. The largest absolute Gasteiger partial charge is 0.458 e. The number of hydrogen-bond donors (Lipinski definition) is 1. The minimum Gasteiger partial charge on any atom is -0.458 e. The van der Waals surface area contributed by atoms with E-state index in [4.69, 9.17) is 14.2 Å². The lowest BCUT2D eigenvalue weighted by Gasteiger charge is -2.41. The van der Waals surface area contributed by atoms with Crippen LogP contribution in [0.1, 0.15) is 27.8 Å². The zero-order chi connectivity index (χ0) is 48.1. The fraction of sp³-hybridized carbons (Fsp3) is 0.0833. The van der Waals surface area contributed by atoms with Crippen molar-refractivity contribution < 1.29 is 14.2 Å². The lowest BCUT2D eigenvalue weighted by Crippen LogP contribution is -2.63. The van der Waals surface area contributed by atoms with Gasteiger partial charge in [-0.05, 0) is 157 Å². The smallest absolute Gasteiger partial charge is 0.260 e. The average Bonchev–Trinajstić information content (AvgIpc) is 3.37. The van der Waals surface area contributed by atoms with Gasteiger partial charge in [-0.3, -0.25) is 4.31 Å². The number of para-hydroxylation sites is 3. The topological polar surface area (TPSA) is 70.0 Å². The molecule has 7 nitrogen and oxygen atoms in total. The monoisotopic (exact) mass is 933 g/mol. The van der Waals surface area contributed by atoms with Gasteiger partial charge in [-0.25, -0.2) is 0 Å². The van der Waals surface area contributed by atoms with Gasteiger partial charge < -0.3 is 24.4 Å². The van der Waals surface area contributed by atoms with E-state index in [2.05, 4.69) is 195 Å². The zero-order valence-electron chi connectivity index (χ0n) is 39.9. The van der Waals surface area contributed by atoms with Gasteiger partial charge in [-0.15, -0.1) is 0 Å². The molecule has 0 amide bonds. The van der Waals surface area contributed by atoms with E-state index in [1.807, 2.05) is 36.4 Å². The van der Waals surface area contributed by atoms with Crippen molar-refractivity contribution in [2.24, 2.45) is 0 Å². The molecule has 0 bridgehead atoms. The number of nitriles is 1. The highest BCUT2D eigenvalue weighted by Gasteiger charge is 2.46. The van der Waals surface area contributed by atoms with Crippen molar-refractivity contribution in [3.8, 4) is 40.6 Å². The van der Waals surface area contributed by atoms with Gasteiger partial charge in [0.2, 0.25) is 0 Å². The van der Waals surface area contributed by atoms with E-state index in [1.165, 1.54) is 11.1 Å². The van der Waals surface area contributed by atoms with Crippen molar-refractivity contribution in [3.63, 3.8) is 0 Å². The average molecular weight is 934 g/mol. The number of ether oxygens (including phenoxy) is 3. The standard InChI is InChI=1S/C60H44B3N4O3S/c1-35-23-38(4)58(49(24-35)65-40-15-9-6-10-16-40)61-44-31-47-53(27-37(44)3)69-56-29-43(66(41-17-11-7-12-18-41)42-19-13-8-14-20-42)30-57-60(56)63(47)48-32-45-50(33-54(48)70-57)67(71-5)51-25-36(2)26-55-59(51)62(45)46-28-39(34-64)21-22-52(46)68-55/h6-33,65H,1-5H3. The molecule has 11 heteroatoms. The third kappa shape index (κ3) is 7.07. The zero-order valence-corrected chi connectivity index (χ0v) is 40.7. The molecule has 4 aliphatic heterocycles. The highest BCUT2D eigenvalue weighted by Crippen LogP contribution is 2.45. The first-order valence-electron chi connectivity index (χ1n) is 24.0. The van der Waals surface area contributed by atoms with Crippen LogP contribution >= 0.6 is 11.9 Å². The van der Waals surface area contributed by atoms with Crippen molar-refractivity contribution in [2.45, 2.75) is 27.7 Å². The van der Waals surface area contributed by atoms with Gasteiger partial charge in [-0.1, -0.05) is 94.8 Å². The van der Waals surface area contributed by atoms with Crippen LogP contribution in [0.2, 0.25) is 0 Å². The molecule has 0 aliphatic carbocycles. The number of anilines is 7. The second kappa shape index (κ2) is 16.8. The second-order valence-corrected chi connectivity index (χ2v) is 19.7. The summed E-state index contributed by atoms with van der Waals surface area (Å²) in [5, 5.41) is 13.9. The fourth-order valence-electron chi connectivity index (χ4n) is 11.3. The first-order valence-corrected chi connectivity index (χ1v) is 25.1. The molecule has 1 radical (unpaired) electrons. The van der Waals surface area contributed by atoms with E-state index < -0.39 is 0 Å². The molecule has 0 saturated heterocycles. The maximum absolute atomic E-state index is 10.2. The molecule has 9 aromatic rings. The molecule has 4 heterocycles. The van der Waals surface area contributed by atoms with E-state index in [0.717, 1.165) is 129 Å². The van der Waals surface area contributed by atoms with E-state index in [9.17, 15) is 5.26 Å². The second-order valence-electron chi connectivity index (χ2n) is 18.9. The van der Waals surface area contributed by atoms with E-state index in [1.54, 1.807) is 11.9 Å². The Bertz CT molecular complexity index is 3680. The van der Waals surface area contributed by atoms with Crippen molar-refractivity contribution in [1.82, 2.24) is 0 Å². The predicted molar refractivity (Wildman–Crippen MR) is 297 cm³/mol. The van der Waals surface area contributed by atoms with Crippen molar-refractivity contribution in [1.29, 1.82) is 5.26 Å². The van der Waals surface area contributed by atoms with Crippen LogP contribution in [-0.4, -0.2) is 27.0 Å². The van der Waals surface area contributed by atoms with Gasteiger partial charge in [0.05, 0.1) is 28.7 Å². The van der Waals surface area contributed by atoms with E-state index in [0.29, 0.717) is 5.56 Å². The number of nitrogens with one attached hydrogen (secondary N) is 1. The number of fused-ring (bicyclic) bond motifs is 8. The third-order valence-electron chi connectivity index (χ3n) is 14.3. The lowest BCUT2D eigenvalue weighted by molar-refractivity contribution is 0.465. The summed E-state index contributed by atoms with van der Waals surface area (Å²) >= 11 is 1.66. The van der Waals surface area contributed by atoms with Crippen LogP contribution in [0.5, 0.6) is 34.5 Å². The van der Waals surface area contributed by atoms with Gasteiger partial charge >= 0.3 is 0 Å². The number of rotatable bonds is 8. The molecule has 13 rings (SSSR count). The Hall–Kier alpha value is -8.19. The Labute approximate surface area is 420 Å². The van der Waals surface area contributed by atoms with Crippen LogP contribution in [0.4, 0.5) is 39.8 Å². The van der Waals surface area contributed by atoms with E-state index in [-0.39, 0.29) is 13.4 Å². The summed E-state index contributed by atoms with van der Waals surface area (Å²) in [7, 11) is 2.32. The molecule has 0 fully saturated rings. The molecule has 4 aliphatic rings. The first kappa shape index (κ1) is 42.9. The van der Waals surface area contributed by atoms with Gasteiger partial charge in [0.1, 0.15) is 34.5 Å². The van der Waals surface area contributed by atoms with Crippen molar-refractivity contribution in [3.05, 3.63) is 198 Å². The number of hydrogen-bond acceptors (Lipinski definition) is 8. The summed E-state index contributed by atoms with van der Waals surface area (Å²) in [6.07, 6.45) is 2.12. The fourth-order valence-corrected chi connectivity index (χ4v) is 12.0. The Morgan fingerprint density at radius 1 is 0.535 bits per heavy atom. The van der Waals surface area contributed by atoms with Crippen LogP contribution in [-0.2, 0) is 0 Å². The van der Waals surface area contributed by atoms with Gasteiger partial charge in [0.15, 0.2) is 7.28 Å². The summed E-state index contributed by atoms with van der Waals surface area (Å²) < 4.78 is 23.5. The quantitative estimate of drug-likeness (QED) is 0.119. The molecule has 0 unspecified atom stereocenters. The summed E-state index contributed by atoms with van der Waals surface area (Å²) in [6, 6.07) is 61.8. The molecular formula is C60H44B3N4O3S. The van der Waals surface area contributed by atoms with Crippen molar-refractivity contribution in [2.75, 3.05) is 20.8 Å². The maximum Gasteiger partial charge on any atom is 0.260 e. The molecule has 0 aromatic heterocycles. The Kier molecular flexibility index (Phi) is 10.1. The minimum atomic E-state index is -0.256. The normalized spacial score (nSPS) is 12.9. The first-order chi connectivity index (χ1) is 34.7. The number of nitrogens with zero attached hydrogens (tertiary/aromatic N) is 3. The summed E-state index contributed by atoms with van der Waals surface area (Å²) in [4.78, 5) is 2.26. The summed E-state index contributed by atoms with van der Waals surface area (Å²) in [6.45, 7) is 8.17. The maximum atomic E-state index is 10.2. The lowest BCUT2D eigenvalue weighted by atomic mass is 9.31. The number of aryl methyl sites for hydroxylation is 4. The molecule has 71 heavy (non-hydrogen) atoms. The molecular weight excluding hydrogens is 889 g/mol. The van der Waals surface area contributed by atoms with Crippen LogP contribution in [0.3, 0.4) is 0 Å². The molecule has 0 spiro atoms. The van der Waals surface area contributed by atoms with Crippen LogP contribution < -0.4 is 72.4 Å². The molecule has 1 N–H and O–H groups in total. The van der Waals surface area contributed by atoms with Gasteiger partial charge in [0.25, 0.3) is 13.4 Å². The molecule has 0 saturated carbocycles. The van der Waals surface area contributed by atoms with Crippen molar-refractivity contribution >= 4 is 116 Å². The summed E-state index contributed by atoms with van der Waals surface area (Å²) in [5.74, 6) is 4.68. The van der Waals surface area contributed by atoms with E-state index >= 15 is 0 Å². The van der Waals surface area contributed by atoms with Crippen LogP contribution in [0, 0.1) is 39.0 Å². The SMILES string of the molecule is CSN1c2cc3c(cc2B2c4cc(C#N)ccc4Oc4cc(C)cc1c42)B1c2cc([B]c4c(C)cc(C)cc4Nc4ccccc4)c(C)cc2Oc2cc(N(c4ccccc4)c4ccccc4)cc(c21)O3. The Morgan fingerprint density at radius 3 is 1.83 bits per heavy atom.